The van der Waals surface area contributed by atoms with Gasteiger partial charge in [-0.15, -0.1) is 0 Å². The zero-order chi connectivity index (χ0) is 20.8. The van der Waals surface area contributed by atoms with Gasteiger partial charge in [0.15, 0.2) is 0 Å². The second kappa shape index (κ2) is 7.54. The lowest BCUT2D eigenvalue weighted by Crippen LogP contribution is -2.51. The molecule has 0 unspecified atom stereocenters. The third-order valence-electron chi connectivity index (χ3n) is 6.44. The van der Waals surface area contributed by atoms with Crippen LogP contribution in [0.4, 0.5) is 11.4 Å². The van der Waals surface area contributed by atoms with Crippen molar-refractivity contribution < 1.29 is 14.3 Å². The molecule has 0 N–H and O–H groups in total. The maximum atomic E-state index is 13.0. The van der Waals surface area contributed by atoms with E-state index < -0.39 is 0 Å². The van der Waals surface area contributed by atoms with E-state index in [9.17, 15) is 9.59 Å². The van der Waals surface area contributed by atoms with Crippen molar-refractivity contribution >= 4 is 23.2 Å². The van der Waals surface area contributed by atoms with Gasteiger partial charge in [0, 0.05) is 44.4 Å². The number of hydrogen-bond donors (Lipinski definition) is 0. The Morgan fingerprint density at radius 3 is 2.53 bits per heavy atom. The first kappa shape index (κ1) is 19.3. The highest BCUT2D eigenvalue weighted by atomic mass is 16.5. The molecule has 1 saturated heterocycles. The molecule has 5 rings (SSSR count). The quantitative estimate of drug-likeness (QED) is 0.781. The molecule has 1 saturated carbocycles. The second-order valence-corrected chi connectivity index (χ2v) is 8.72. The van der Waals surface area contributed by atoms with E-state index in [1.165, 1.54) is 0 Å². The minimum atomic E-state index is -0.0418. The molecule has 158 valence electrons. The summed E-state index contributed by atoms with van der Waals surface area (Å²) in [4.78, 5) is 29.0. The summed E-state index contributed by atoms with van der Waals surface area (Å²) in [5.41, 5.74) is 3.68. The molecule has 1 aromatic heterocycles. The van der Waals surface area contributed by atoms with E-state index in [-0.39, 0.29) is 23.8 Å². The van der Waals surface area contributed by atoms with Crippen molar-refractivity contribution in [3.63, 3.8) is 0 Å². The third-order valence-corrected chi connectivity index (χ3v) is 6.44. The van der Waals surface area contributed by atoms with Crippen LogP contribution in [-0.4, -0.2) is 47.4 Å². The largest absolute Gasteiger partial charge is 0.381 e. The lowest BCUT2D eigenvalue weighted by molar-refractivity contribution is -0.120. The Bertz CT molecular complexity index is 975. The Balaban J connectivity index is 1.51. The summed E-state index contributed by atoms with van der Waals surface area (Å²) in [6.07, 6.45) is 7.85. The number of amides is 2. The number of aromatic nitrogens is 2. The molecule has 7 heteroatoms. The number of benzene rings is 1. The second-order valence-electron chi connectivity index (χ2n) is 8.72. The van der Waals surface area contributed by atoms with Crippen LogP contribution in [0.25, 0.3) is 11.1 Å². The van der Waals surface area contributed by atoms with Gasteiger partial charge in [0.05, 0.1) is 29.7 Å². The number of nitrogens with zero attached hydrogens (tertiary/aromatic N) is 4. The monoisotopic (exact) mass is 408 g/mol. The van der Waals surface area contributed by atoms with Gasteiger partial charge >= 0.3 is 0 Å². The minimum absolute atomic E-state index is 0.00218. The molecule has 0 radical (unpaired) electrons. The first-order valence-electron chi connectivity index (χ1n) is 10.9. The van der Waals surface area contributed by atoms with E-state index in [0.29, 0.717) is 12.6 Å². The van der Waals surface area contributed by atoms with Gasteiger partial charge in [-0.1, -0.05) is 6.07 Å². The minimum Gasteiger partial charge on any atom is -0.381 e. The molecular formula is C23H28N4O3. The van der Waals surface area contributed by atoms with Crippen LogP contribution in [0.5, 0.6) is 0 Å². The first-order valence-corrected chi connectivity index (χ1v) is 10.9. The Hall–Kier alpha value is -2.67. The van der Waals surface area contributed by atoms with E-state index in [1.807, 2.05) is 40.9 Å². The van der Waals surface area contributed by atoms with Gasteiger partial charge in [-0.25, -0.2) is 0 Å². The van der Waals surface area contributed by atoms with E-state index >= 15 is 0 Å². The number of rotatable bonds is 3. The third kappa shape index (κ3) is 3.41. The molecule has 2 aromatic rings. The van der Waals surface area contributed by atoms with E-state index in [0.717, 1.165) is 61.4 Å². The van der Waals surface area contributed by atoms with Crippen LogP contribution in [0.15, 0.2) is 30.6 Å². The molecule has 2 amide bonds. The van der Waals surface area contributed by atoms with Crippen LogP contribution in [0, 0.1) is 5.92 Å². The molecule has 3 heterocycles. The highest BCUT2D eigenvalue weighted by Crippen LogP contribution is 2.42. The molecule has 2 aliphatic heterocycles. The van der Waals surface area contributed by atoms with Gasteiger partial charge in [0.2, 0.25) is 11.8 Å². The molecule has 30 heavy (non-hydrogen) atoms. The number of fused-ring (bicyclic) bond motifs is 1. The van der Waals surface area contributed by atoms with E-state index in [4.69, 9.17) is 4.74 Å². The number of ether oxygens (including phenoxy) is 1. The van der Waals surface area contributed by atoms with Crippen molar-refractivity contribution in [2.24, 2.45) is 5.92 Å². The lowest BCUT2D eigenvalue weighted by atomic mass is 10.0. The SMILES string of the molecule is CC(=O)N1c2ccc(-c3cnn(C4CCOCC4)c3)cc2N(C(=O)C2CC2)C[C@@H]1C. The number of anilines is 2. The fourth-order valence-electron chi connectivity index (χ4n) is 4.68. The maximum absolute atomic E-state index is 13.0. The Labute approximate surface area is 176 Å². The van der Waals surface area contributed by atoms with Crippen LogP contribution in [0.3, 0.4) is 0 Å². The van der Waals surface area contributed by atoms with Gasteiger partial charge in [0.1, 0.15) is 0 Å². The van der Waals surface area contributed by atoms with Gasteiger partial charge < -0.3 is 14.5 Å². The van der Waals surface area contributed by atoms with Gasteiger partial charge in [-0.2, -0.15) is 5.10 Å². The summed E-state index contributed by atoms with van der Waals surface area (Å²) < 4.78 is 7.50. The van der Waals surface area contributed by atoms with Gasteiger partial charge in [-0.05, 0) is 50.3 Å². The molecule has 1 atom stereocenters. The zero-order valence-electron chi connectivity index (χ0n) is 17.6. The molecule has 7 nitrogen and oxygen atoms in total. The van der Waals surface area contributed by atoms with Crippen molar-refractivity contribution in [1.82, 2.24) is 9.78 Å². The van der Waals surface area contributed by atoms with Crippen molar-refractivity contribution in [3.05, 3.63) is 30.6 Å². The molecule has 2 fully saturated rings. The van der Waals surface area contributed by atoms with E-state index in [1.54, 1.807) is 11.8 Å². The highest BCUT2D eigenvalue weighted by Gasteiger charge is 2.39. The van der Waals surface area contributed by atoms with Crippen LogP contribution in [0.2, 0.25) is 0 Å². The van der Waals surface area contributed by atoms with Crippen molar-refractivity contribution in [2.45, 2.75) is 51.6 Å². The Morgan fingerprint density at radius 1 is 1.07 bits per heavy atom. The molecule has 1 aliphatic carbocycles. The smallest absolute Gasteiger partial charge is 0.230 e. The van der Waals surface area contributed by atoms with Crippen molar-refractivity contribution in [1.29, 1.82) is 0 Å². The fraction of sp³-hybridized carbons (Fsp3) is 0.522. The van der Waals surface area contributed by atoms with Crippen molar-refractivity contribution in [3.8, 4) is 11.1 Å². The van der Waals surface area contributed by atoms with Gasteiger partial charge in [-0.3, -0.25) is 14.3 Å². The van der Waals surface area contributed by atoms with Crippen LogP contribution < -0.4 is 9.80 Å². The topological polar surface area (TPSA) is 67.7 Å². The fourth-order valence-corrected chi connectivity index (χ4v) is 4.68. The Morgan fingerprint density at radius 2 is 1.83 bits per heavy atom. The molecular weight excluding hydrogens is 380 g/mol. The zero-order valence-corrected chi connectivity index (χ0v) is 17.6. The highest BCUT2D eigenvalue weighted by molar-refractivity contribution is 6.06. The average Bonchev–Trinajstić information content (AvgIpc) is 3.49. The predicted molar refractivity (Wildman–Crippen MR) is 114 cm³/mol. The van der Waals surface area contributed by atoms with Crippen LogP contribution >= 0.6 is 0 Å². The van der Waals surface area contributed by atoms with Crippen LogP contribution in [-0.2, 0) is 14.3 Å². The van der Waals surface area contributed by atoms with Crippen molar-refractivity contribution in [2.75, 3.05) is 29.6 Å². The normalized spacial score (nSPS) is 22.1. The summed E-state index contributed by atoms with van der Waals surface area (Å²) in [5.74, 6) is 0.317. The maximum Gasteiger partial charge on any atom is 0.230 e. The Kier molecular flexibility index (Phi) is 4.85. The summed E-state index contributed by atoms with van der Waals surface area (Å²) in [7, 11) is 0. The molecule has 1 aromatic carbocycles. The average molecular weight is 409 g/mol. The number of hydrogen-bond acceptors (Lipinski definition) is 4. The number of carbonyl (C=O) groups is 2. The molecule has 0 spiro atoms. The number of carbonyl (C=O) groups excluding carboxylic acids is 2. The summed E-state index contributed by atoms with van der Waals surface area (Å²) >= 11 is 0. The standard InChI is InChI=1S/C23H28N4O3/c1-15-13-25(23(29)17-3-4-17)22-11-18(5-6-21(22)27(15)16(2)28)19-12-24-26(14-19)20-7-9-30-10-8-20/h5-6,11-12,14-15,17,20H,3-4,7-10,13H2,1-2H3/t15-/m0/s1. The molecule has 3 aliphatic rings. The first-order chi connectivity index (χ1) is 14.5. The summed E-state index contributed by atoms with van der Waals surface area (Å²) in [6, 6.07) is 6.37. The molecule has 0 bridgehead atoms. The summed E-state index contributed by atoms with van der Waals surface area (Å²) in [5, 5.41) is 4.59. The van der Waals surface area contributed by atoms with E-state index in [2.05, 4.69) is 11.3 Å². The summed E-state index contributed by atoms with van der Waals surface area (Å²) in [6.45, 7) is 5.67. The van der Waals surface area contributed by atoms with Crippen LogP contribution in [0.1, 0.15) is 45.6 Å². The lowest BCUT2D eigenvalue weighted by Gasteiger charge is -2.41. The van der Waals surface area contributed by atoms with Gasteiger partial charge in [0.25, 0.3) is 0 Å². The predicted octanol–water partition coefficient (Wildman–Crippen LogP) is 3.40.